The fourth-order valence-corrected chi connectivity index (χ4v) is 0.814. The molecule has 0 spiro atoms. The van der Waals surface area contributed by atoms with Gasteiger partial charge < -0.3 is 16.4 Å². The quantitative estimate of drug-likeness (QED) is 0.529. The van der Waals surface area contributed by atoms with Crippen LogP contribution in [0.25, 0.3) is 0 Å². The Labute approximate surface area is 80.3 Å². The molecule has 0 aliphatic rings. The molecule has 1 unspecified atom stereocenters. The lowest BCUT2D eigenvalue weighted by Crippen LogP contribution is -2.49. The van der Waals surface area contributed by atoms with Crippen LogP contribution in [0, 0.1) is 5.41 Å². The van der Waals surface area contributed by atoms with Gasteiger partial charge in [0.15, 0.2) is 0 Å². The molecule has 1 amide bonds. The smallest absolute Gasteiger partial charge is 0.237 e. The van der Waals surface area contributed by atoms with E-state index in [4.69, 9.17) is 5.73 Å². The highest BCUT2D eigenvalue weighted by atomic mass is 16.2. The average Bonchev–Trinajstić information content (AvgIpc) is 2.01. The van der Waals surface area contributed by atoms with Crippen molar-refractivity contribution in [3.63, 3.8) is 0 Å². The maximum absolute atomic E-state index is 11.4. The van der Waals surface area contributed by atoms with Crippen molar-refractivity contribution in [2.75, 3.05) is 20.1 Å². The van der Waals surface area contributed by atoms with Crippen LogP contribution in [0.2, 0.25) is 0 Å². The van der Waals surface area contributed by atoms with Crippen LogP contribution in [0.1, 0.15) is 20.8 Å². The van der Waals surface area contributed by atoms with Crippen molar-refractivity contribution in [1.29, 1.82) is 0 Å². The lowest BCUT2D eigenvalue weighted by atomic mass is 9.87. The van der Waals surface area contributed by atoms with E-state index in [1.54, 1.807) is 0 Å². The van der Waals surface area contributed by atoms with E-state index < -0.39 is 6.04 Å². The lowest BCUT2D eigenvalue weighted by Gasteiger charge is -2.25. The van der Waals surface area contributed by atoms with E-state index in [1.807, 2.05) is 27.8 Å². The predicted octanol–water partition coefficient (Wildman–Crippen LogP) is -0.305. The summed E-state index contributed by atoms with van der Waals surface area (Å²) in [6, 6.07) is -0.440. The van der Waals surface area contributed by atoms with Gasteiger partial charge in [0, 0.05) is 13.1 Å². The number of amides is 1. The molecular formula is C9H21N3O. The predicted molar refractivity (Wildman–Crippen MR) is 54.4 cm³/mol. The Bertz CT molecular complexity index is 163. The number of likely N-dealkylation sites (N-methyl/N-ethyl adjacent to an activating group) is 1. The van der Waals surface area contributed by atoms with Crippen LogP contribution in [0.3, 0.4) is 0 Å². The number of nitrogens with one attached hydrogen (secondary N) is 2. The summed E-state index contributed by atoms with van der Waals surface area (Å²) in [5.74, 6) is -0.0808. The van der Waals surface area contributed by atoms with Crippen LogP contribution in [-0.4, -0.2) is 32.1 Å². The highest BCUT2D eigenvalue weighted by Crippen LogP contribution is 2.16. The third-order valence-electron chi connectivity index (χ3n) is 1.89. The van der Waals surface area contributed by atoms with Crippen LogP contribution < -0.4 is 16.4 Å². The van der Waals surface area contributed by atoms with Gasteiger partial charge in [-0.1, -0.05) is 20.8 Å². The number of hydrogen-bond acceptors (Lipinski definition) is 3. The molecule has 0 fully saturated rings. The zero-order valence-corrected chi connectivity index (χ0v) is 8.98. The molecule has 1 atom stereocenters. The lowest BCUT2D eigenvalue weighted by molar-refractivity contribution is -0.124. The fraction of sp³-hybridized carbons (Fsp3) is 0.889. The van der Waals surface area contributed by atoms with Crippen molar-refractivity contribution in [2.24, 2.45) is 11.1 Å². The Morgan fingerprint density at radius 3 is 2.31 bits per heavy atom. The largest absolute Gasteiger partial charge is 0.353 e. The van der Waals surface area contributed by atoms with E-state index in [9.17, 15) is 4.79 Å². The van der Waals surface area contributed by atoms with Crippen LogP contribution in [0.4, 0.5) is 0 Å². The SMILES string of the molecule is CNCCNC(=O)C(N)C(C)(C)C. The van der Waals surface area contributed by atoms with Gasteiger partial charge in [0.2, 0.25) is 5.91 Å². The normalized spacial score (nSPS) is 13.9. The first kappa shape index (κ1) is 12.4. The summed E-state index contributed by atoms with van der Waals surface area (Å²) in [5, 5.41) is 5.71. The molecule has 0 aromatic heterocycles. The number of hydrogen-bond donors (Lipinski definition) is 3. The molecule has 0 bridgehead atoms. The summed E-state index contributed by atoms with van der Waals surface area (Å²) in [5.41, 5.74) is 5.57. The first-order valence-corrected chi connectivity index (χ1v) is 4.57. The molecule has 13 heavy (non-hydrogen) atoms. The van der Waals surface area contributed by atoms with Crippen molar-refractivity contribution in [3.05, 3.63) is 0 Å². The highest BCUT2D eigenvalue weighted by Gasteiger charge is 2.26. The molecule has 4 nitrogen and oxygen atoms in total. The second-order valence-electron chi connectivity index (χ2n) is 4.24. The number of carbonyl (C=O) groups is 1. The van der Waals surface area contributed by atoms with E-state index in [2.05, 4.69) is 10.6 Å². The molecule has 0 rings (SSSR count). The Morgan fingerprint density at radius 1 is 1.38 bits per heavy atom. The summed E-state index contributed by atoms with van der Waals surface area (Å²) in [7, 11) is 1.84. The molecule has 0 aromatic rings. The number of nitrogens with two attached hydrogens (primary N) is 1. The Balaban J connectivity index is 3.84. The van der Waals surface area contributed by atoms with Gasteiger partial charge in [0.25, 0.3) is 0 Å². The first-order chi connectivity index (χ1) is 5.89. The standard InChI is InChI=1S/C9H21N3O/c1-9(2,3)7(10)8(13)12-6-5-11-4/h7,11H,5-6,10H2,1-4H3,(H,12,13). The first-order valence-electron chi connectivity index (χ1n) is 4.57. The minimum absolute atomic E-state index is 0.0808. The Kier molecular flexibility index (Phi) is 4.95. The zero-order valence-electron chi connectivity index (χ0n) is 8.98. The number of carbonyl (C=O) groups excluding carboxylic acids is 1. The van der Waals surface area contributed by atoms with E-state index in [0.29, 0.717) is 6.54 Å². The molecular weight excluding hydrogens is 166 g/mol. The van der Waals surface area contributed by atoms with Gasteiger partial charge in [-0.15, -0.1) is 0 Å². The van der Waals surface area contributed by atoms with Gasteiger partial charge in [-0.05, 0) is 12.5 Å². The van der Waals surface area contributed by atoms with E-state index in [1.165, 1.54) is 0 Å². The highest BCUT2D eigenvalue weighted by molar-refractivity contribution is 5.82. The van der Waals surface area contributed by atoms with Crippen LogP contribution >= 0.6 is 0 Å². The summed E-state index contributed by atoms with van der Waals surface area (Å²) >= 11 is 0. The fourth-order valence-electron chi connectivity index (χ4n) is 0.814. The third kappa shape index (κ3) is 4.85. The topological polar surface area (TPSA) is 67.1 Å². The summed E-state index contributed by atoms with van der Waals surface area (Å²) in [6.45, 7) is 7.25. The van der Waals surface area contributed by atoms with Gasteiger partial charge in [-0.25, -0.2) is 0 Å². The van der Waals surface area contributed by atoms with Gasteiger partial charge in [0.1, 0.15) is 0 Å². The van der Waals surface area contributed by atoms with Crippen LogP contribution in [-0.2, 0) is 4.79 Å². The Morgan fingerprint density at radius 2 is 1.92 bits per heavy atom. The maximum Gasteiger partial charge on any atom is 0.237 e. The Hall–Kier alpha value is -0.610. The maximum atomic E-state index is 11.4. The summed E-state index contributed by atoms with van der Waals surface area (Å²) < 4.78 is 0. The summed E-state index contributed by atoms with van der Waals surface area (Å²) in [6.07, 6.45) is 0. The van der Waals surface area contributed by atoms with E-state index in [0.717, 1.165) is 6.54 Å². The van der Waals surface area contributed by atoms with E-state index >= 15 is 0 Å². The second-order valence-corrected chi connectivity index (χ2v) is 4.24. The van der Waals surface area contributed by atoms with Gasteiger partial charge in [0.05, 0.1) is 6.04 Å². The van der Waals surface area contributed by atoms with Crippen molar-refractivity contribution in [2.45, 2.75) is 26.8 Å². The molecule has 0 aliphatic carbocycles. The van der Waals surface area contributed by atoms with Crippen molar-refractivity contribution in [1.82, 2.24) is 10.6 Å². The number of rotatable bonds is 4. The van der Waals surface area contributed by atoms with Crippen LogP contribution in [0.15, 0.2) is 0 Å². The van der Waals surface area contributed by atoms with Crippen molar-refractivity contribution in [3.8, 4) is 0 Å². The zero-order chi connectivity index (χ0) is 10.5. The third-order valence-corrected chi connectivity index (χ3v) is 1.89. The van der Waals surface area contributed by atoms with Gasteiger partial charge in [-0.2, -0.15) is 0 Å². The van der Waals surface area contributed by atoms with Crippen LogP contribution in [0.5, 0.6) is 0 Å². The minimum Gasteiger partial charge on any atom is -0.353 e. The molecule has 0 aliphatic heterocycles. The second kappa shape index (κ2) is 5.19. The van der Waals surface area contributed by atoms with Gasteiger partial charge >= 0.3 is 0 Å². The minimum atomic E-state index is -0.440. The molecule has 4 heteroatoms. The molecule has 4 N–H and O–H groups in total. The van der Waals surface area contributed by atoms with E-state index in [-0.39, 0.29) is 11.3 Å². The average molecular weight is 187 g/mol. The summed E-state index contributed by atoms with van der Waals surface area (Å²) in [4.78, 5) is 11.4. The monoisotopic (exact) mass is 187 g/mol. The molecule has 0 heterocycles. The van der Waals surface area contributed by atoms with Crippen molar-refractivity contribution < 1.29 is 4.79 Å². The molecule has 78 valence electrons. The molecule has 0 radical (unpaired) electrons. The molecule has 0 saturated heterocycles. The van der Waals surface area contributed by atoms with Gasteiger partial charge in [-0.3, -0.25) is 4.79 Å². The molecule has 0 saturated carbocycles. The van der Waals surface area contributed by atoms with Crippen molar-refractivity contribution >= 4 is 5.91 Å². The molecule has 0 aromatic carbocycles.